The van der Waals surface area contributed by atoms with Crippen LogP contribution in [-0.4, -0.2) is 0 Å². The van der Waals surface area contributed by atoms with Gasteiger partial charge in [-0.1, -0.05) is 152 Å². The molecule has 0 saturated carbocycles. The van der Waals surface area contributed by atoms with Crippen LogP contribution in [-0.2, 0) is 0 Å². The maximum absolute atomic E-state index is 6.89. The van der Waals surface area contributed by atoms with Crippen molar-refractivity contribution >= 4 is 70.5 Å². The fraction of sp³-hybridized carbons (Fsp3) is 0. The lowest BCUT2D eigenvalue weighted by Gasteiger charge is -2.27. The normalized spacial score (nSPS) is 11.5. The van der Waals surface area contributed by atoms with Crippen molar-refractivity contribution < 1.29 is 4.42 Å². The van der Waals surface area contributed by atoms with Crippen molar-refractivity contribution in [2.75, 3.05) is 4.90 Å². The van der Waals surface area contributed by atoms with Crippen LogP contribution in [0.25, 0.3) is 75.5 Å². The SMILES string of the molecule is c1ccc(-c2ccc(N(c3ccc(-c4ccccc4)c4c3oc3ccccc34)c3ccc(-c4ccccc4)c4c3sc3ccccc34)cc2)cc1. The molecule has 51 heavy (non-hydrogen) atoms. The topological polar surface area (TPSA) is 16.4 Å². The van der Waals surface area contributed by atoms with Gasteiger partial charge in [-0.25, -0.2) is 0 Å². The van der Waals surface area contributed by atoms with E-state index in [0.717, 1.165) is 44.6 Å². The quantitative estimate of drug-likeness (QED) is 0.175. The zero-order chi connectivity index (χ0) is 33.7. The number of hydrogen-bond acceptors (Lipinski definition) is 3. The fourth-order valence-electron chi connectivity index (χ4n) is 7.54. The molecule has 0 aliphatic heterocycles. The molecule has 3 heteroatoms. The van der Waals surface area contributed by atoms with Crippen LogP contribution in [0.4, 0.5) is 17.1 Å². The summed E-state index contributed by atoms with van der Waals surface area (Å²) < 4.78 is 9.39. The van der Waals surface area contributed by atoms with Crippen LogP contribution < -0.4 is 4.90 Å². The number of nitrogens with zero attached hydrogens (tertiary/aromatic N) is 1. The van der Waals surface area contributed by atoms with E-state index in [1.165, 1.54) is 48.0 Å². The van der Waals surface area contributed by atoms with Crippen molar-refractivity contribution in [1.29, 1.82) is 0 Å². The second-order valence-electron chi connectivity index (χ2n) is 12.8. The summed E-state index contributed by atoms with van der Waals surface area (Å²) >= 11 is 1.85. The molecule has 0 N–H and O–H groups in total. The minimum Gasteiger partial charge on any atom is -0.454 e. The second kappa shape index (κ2) is 12.2. The summed E-state index contributed by atoms with van der Waals surface area (Å²) in [6.45, 7) is 0. The Hall–Kier alpha value is -6.42. The largest absolute Gasteiger partial charge is 0.454 e. The van der Waals surface area contributed by atoms with Crippen molar-refractivity contribution in [3.63, 3.8) is 0 Å². The predicted octanol–water partition coefficient (Wildman–Crippen LogP) is 14.4. The third-order valence-electron chi connectivity index (χ3n) is 9.89. The van der Waals surface area contributed by atoms with E-state index in [-0.39, 0.29) is 0 Å². The van der Waals surface area contributed by atoms with Crippen molar-refractivity contribution in [2.45, 2.75) is 0 Å². The Labute approximate surface area is 300 Å². The van der Waals surface area contributed by atoms with Gasteiger partial charge in [-0.05, 0) is 69.8 Å². The third kappa shape index (κ3) is 4.93. The summed E-state index contributed by atoms with van der Waals surface area (Å²) in [5.74, 6) is 0. The molecule has 0 saturated heterocycles. The van der Waals surface area contributed by atoms with Gasteiger partial charge in [0.2, 0.25) is 0 Å². The average Bonchev–Trinajstić information content (AvgIpc) is 3.80. The molecule has 0 radical (unpaired) electrons. The zero-order valence-electron chi connectivity index (χ0n) is 27.7. The molecule has 2 nitrogen and oxygen atoms in total. The number of rotatable bonds is 6. The van der Waals surface area contributed by atoms with E-state index < -0.39 is 0 Å². The maximum Gasteiger partial charge on any atom is 0.160 e. The zero-order valence-corrected chi connectivity index (χ0v) is 28.5. The van der Waals surface area contributed by atoms with Crippen molar-refractivity contribution in [2.24, 2.45) is 0 Å². The molecule has 0 aliphatic rings. The lowest BCUT2D eigenvalue weighted by molar-refractivity contribution is 0.669. The number of anilines is 3. The summed E-state index contributed by atoms with van der Waals surface area (Å²) in [5.41, 5.74) is 12.1. The molecule has 0 aliphatic carbocycles. The molecule has 10 rings (SSSR count). The van der Waals surface area contributed by atoms with Gasteiger partial charge >= 0.3 is 0 Å². The molecule has 0 fully saturated rings. The first-order valence-electron chi connectivity index (χ1n) is 17.3. The molecule has 8 aromatic carbocycles. The van der Waals surface area contributed by atoms with Gasteiger partial charge in [-0.2, -0.15) is 0 Å². The number of benzene rings is 8. The molecule has 0 amide bonds. The van der Waals surface area contributed by atoms with Gasteiger partial charge in [0.15, 0.2) is 5.58 Å². The summed E-state index contributed by atoms with van der Waals surface area (Å²) in [6.07, 6.45) is 0. The van der Waals surface area contributed by atoms with Crippen LogP contribution in [0.1, 0.15) is 0 Å². The van der Waals surface area contributed by atoms with E-state index in [4.69, 9.17) is 4.42 Å². The minimum atomic E-state index is 0.867. The monoisotopic (exact) mass is 669 g/mol. The molecule has 0 unspecified atom stereocenters. The molecular formula is C48H31NOS. The highest BCUT2D eigenvalue weighted by atomic mass is 32.1. The second-order valence-corrected chi connectivity index (χ2v) is 13.9. The van der Waals surface area contributed by atoms with Gasteiger partial charge in [0, 0.05) is 31.9 Å². The Morgan fingerprint density at radius 1 is 0.392 bits per heavy atom. The Morgan fingerprint density at radius 3 is 1.61 bits per heavy atom. The highest BCUT2D eigenvalue weighted by molar-refractivity contribution is 7.26. The van der Waals surface area contributed by atoms with Crippen LogP contribution >= 0.6 is 11.3 Å². The number of hydrogen-bond donors (Lipinski definition) is 0. The fourth-order valence-corrected chi connectivity index (χ4v) is 8.77. The van der Waals surface area contributed by atoms with Crippen LogP contribution in [0.2, 0.25) is 0 Å². The summed E-state index contributed by atoms with van der Waals surface area (Å²) in [6, 6.07) is 67.2. The Morgan fingerprint density at radius 2 is 0.922 bits per heavy atom. The number of para-hydroxylation sites is 1. The first kappa shape index (κ1) is 29.5. The predicted molar refractivity (Wildman–Crippen MR) is 218 cm³/mol. The van der Waals surface area contributed by atoms with Gasteiger partial charge in [-0.15, -0.1) is 11.3 Å². The molecule has 10 aromatic rings. The smallest absolute Gasteiger partial charge is 0.160 e. The standard InChI is InChI=1S/C48H31NOS/c1-4-14-32(15-5-1)33-24-26-36(27-25-33)49(41-30-28-37(34-16-6-2-7-17-34)45-39-20-10-12-22-43(39)50-47(41)45)42-31-29-38(35-18-8-3-9-19-35)46-40-21-11-13-23-44(40)51-48(42)46/h1-31H. The Bertz CT molecular complexity index is 2680. The lowest BCUT2D eigenvalue weighted by Crippen LogP contribution is -2.10. The molecule has 0 spiro atoms. The summed E-state index contributed by atoms with van der Waals surface area (Å²) in [5, 5.41) is 4.77. The average molecular weight is 670 g/mol. The van der Waals surface area contributed by atoms with E-state index in [0.29, 0.717) is 0 Å². The Kier molecular flexibility index (Phi) is 7.04. The van der Waals surface area contributed by atoms with Gasteiger partial charge in [0.25, 0.3) is 0 Å². The van der Waals surface area contributed by atoms with E-state index >= 15 is 0 Å². The van der Waals surface area contributed by atoms with E-state index in [2.05, 4.69) is 193 Å². The molecule has 0 atom stereocenters. The van der Waals surface area contributed by atoms with Gasteiger partial charge < -0.3 is 9.32 Å². The van der Waals surface area contributed by atoms with Crippen LogP contribution in [0, 0.1) is 0 Å². The summed E-state index contributed by atoms with van der Waals surface area (Å²) in [4.78, 5) is 2.40. The number of thiophene rings is 1. The molecule has 240 valence electrons. The van der Waals surface area contributed by atoms with Crippen LogP contribution in [0.15, 0.2) is 192 Å². The summed E-state index contributed by atoms with van der Waals surface area (Å²) in [7, 11) is 0. The minimum absolute atomic E-state index is 0.867. The molecule has 0 bridgehead atoms. The van der Waals surface area contributed by atoms with E-state index in [9.17, 15) is 0 Å². The van der Waals surface area contributed by atoms with E-state index in [1.807, 2.05) is 11.3 Å². The van der Waals surface area contributed by atoms with Crippen LogP contribution in [0.3, 0.4) is 0 Å². The molecule has 2 aromatic heterocycles. The van der Waals surface area contributed by atoms with Crippen molar-refractivity contribution in [3.8, 4) is 33.4 Å². The highest BCUT2D eigenvalue weighted by Gasteiger charge is 2.25. The highest BCUT2D eigenvalue weighted by Crippen LogP contribution is 2.51. The first-order valence-corrected chi connectivity index (χ1v) is 18.1. The Balaban J connectivity index is 1.28. The molecule has 2 heterocycles. The first-order chi connectivity index (χ1) is 25.3. The lowest BCUT2D eigenvalue weighted by atomic mass is 9.97. The van der Waals surface area contributed by atoms with Gasteiger partial charge in [0.05, 0.1) is 16.1 Å². The van der Waals surface area contributed by atoms with Gasteiger partial charge in [0.1, 0.15) is 5.58 Å². The molecular weight excluding hydrogens is 639 g/mol. The van der Waals surface area contributed by atoms with Gasteiger partial charge in [-0.3, -0.25) is 0 Å². The maximum atomic E-state index is 6.89. The van der Waals surface area contributed by atoms with E-state index in [1.54, 1.807) is 0 Å². The van der Waals surface area contributed by atoms with Crippen molar-refractivity contribution in [1.82, 2.24) is 0 Å². The van der Waals surface area contributed by atoms with Crippen molar-refractivity contribution in [3.05, 3.63) is 188 Å². The number of fused-ring (bicyclic) bond motifs is 6. The number of furan rings is 1. The third-order valence-corrected chi connectivity index (χ3v) is 11.1. The van der Waals surface area contributed by atoms with Crippen LogP contribution in [0.5, 0.6) is 0 Å².